The highest BCUT2D eigenvalue weighted by Gasteiger charge is 2.12. The lowest BCUT2D eigenvalue weighted by molar-refractivity contribution is 0.0695. The largest absolute Gasteiger partial charge is 0.478 e. The van der Waals surface area contributed by atoms with Crippen LogP contribution in [-0.2, 0) is 13.5 Å². The molecule has 0 saturated carbocycles. The molecule has 0 bridgehead atoms. The zero-order valence-corrected chi connectivity index (χ0v) is 16.5. The standard InChI is InChI=1S/C24H23N3O2/c1-16-12-20(24(28)29)22(26-14-16)10-11-25-18-8-9-23-19(13-18)21(15-27(23)2)17-6-4-3-5-7-17/h3-9,12-15,25H,10-11H2,1-2H3,(H,28,29). The van der Waals surface area contributed by atoms with Gasteiger partial charge in [0.15, 0.2) is 0 Å². The van der Waals surface area contributed by atoms with Crippen molar-refractivity contribution in [3.8, 4) is 11.1 Å². The number of carboxylic acids is 1. The monoisotopic (exact) mass is 385 g/mol. The lowest BCUT2D eigenvalue weighted by Gasteiger charge is -2.09. The summed E-state index contributed by atoms with van der Waals surface area (Å²) in [6, 6.07) is 18.3. The van der Waals surface area contributed by atoms with Crippen molar-refractivity contribution in [3.05, 3.63) is 83.8 Å². The number of aromatic nitrogens is 2. The van der Waals surface area contributed by atoms with Crippen LogP contribution >= 0.6 is 0 Å². The molecule has 0 amide bonds. The van der Waals surface area contributed by atoms with Gasteiger partial charge in [-0.25, -0.2) is 4.79 Å². The Labute approximate surface area is 169 Å². The summed E-state index contributed by atoms with van der Waals surface area (Å²) in [6.07, 6.45) is 4.41. The van der Waals surface area contributed by atoms with Crippen molar-refractivity contribution in [2.24, 2.45) is 7.05 Å². The molecule has 0 aliphatic carbocycles. The maximum absolute atomic E-state index is 11.5. The molecule has 0 saturated heterocycles. The van der Waals surface area contributed by atoms with Gasteiger partial charge < -0.3 is 15.0 Å². The summed E-state index contributed by atoms with van der Waals surface area (Å²) < 4.78 is 2.14. The van der Waals surface area contributed by atoms with Crippen molar-refractivity contribution in [2.75, 3.05) is 11.9 Å². The molecule has 2 N–H and O–H groups in total. The number of benzene rings is 2. The minimum absolute atomic E-state index is 0.275. The van der Waals surface area contributed by atoms with Gasteiger partial charge in [-0.3, -0.25) is 4.98 Å². The van der Waals surface area contributed by atoms with Gasteiger partial charge in [0.2, 0.25) is 0 Å². The van der Waals surface area contributed by atoms with Crippen LogP contribution in [0.3, 0.4) is 0 Å². The molecule has 0 atom stereocenters. The van der Waals surface area contributed by atoms with Crippen LogP contribution in [0.5, 0.6) is 0 Å². The number of anilines is 1. The lowest BCUT2D eigenvalue weighted by atomic mass is 10.0. The first-order valence-electron chi connectivity index (χ1n) is 9.60. The van der Waals surface area contributed by atoms with Gasteiger partial charge in [-0.05, 0) is 42.3 Å². The van der Waals surface area contributed by atoms with Gasteiger partial charge in [0.1, 0.15) is 0 Å². The summed E-state index contributed by atoms with van der Waals surface area (Å²) in [6.45, 7) is 2.45. The normalized spacial score (nSPS) is 11.0. The summed E-state index contributed by atoms with van der Waals surface area (Å²) in [4.78, 5) is 15.8. The van der Waals surface area contributed by atoms with Gasteiger partial charge in [0, 0.05) is 54.6 Å². The van der Waals surface area contributed by atoms with E-state index < -0.39 is 5.97 Å². The quantitative estimate of drug-likeness (QED) is 0.495. The predicted octanol–water partition coefficient (Wildman–Crippen LogP) is 4.90. The number of carbonyl (C=O) groups is 1. The van der Waals surface area contributed by atoms with E-state index in [4.69, 9.17) is 0 Å². The van der Waals surface area contributed by atoms with Crippen LogP contribution in [-0.4, -0.2) is 27.2 Å². The molecule has 5 nitrogen and oxygen atoms in total. The van der Waals surface area contributed by atoms with Crippen molar-refractivity contribution < 1.29 is 9.90 Å². The Kier molecular flexibility index (Phi) is 5.04. The van der Waals surface area contributed by atoms with Gasteiger partial charge >= 0.3 is 5.97 Å². The predicted molar refractivity (Wildman–Crippen MR) is 116 cm³/mol. The maximum atomic E-state index is 11.5. The fraction of sp³-hybridized carbons (Fsp3) is 0.167. The van der Waals surface area contributed by atoms with E-state index in [-0.39, 0.29) is 5.56 Å². The van der Waals surface area contributed by atoms with E-state index in [2.05, 4.69) is 58.4 Å². The molecular weight excluding hydrogens is 362 g/mol. The molecule has 5 heteroatoms. The average molecular weight is 385 g/mol. The molecule has 0 unspecified atom stereocenters. The number of pyridine rings is 1. The third kappa shape index (κ3) is 3.85. The molecule has 0 spiro atoms. The molecule has 2 heterocycles. The van der Waals surface area contributed by atoms with Gasteiger partial charge in [0.05, 0.1) is 11.3 Å². The van der Waals surface area contributed by atoms with Crippen LogP contribution in [0.25, 0.3) is 22.0 Å². The molecule has 0 aliphatic rings. The fourth-order valence-electron chi connectivity index (χ4n) is 3.66. The number of carboxylic acid groups (broad SMARTS) is 1. The Balaban J connectivity index is 1.56. The molecule has 0 fully saturated rings. The van der Waals surface area contributed by atoms with Crippen molar-refractivity contribution in [1.82, 2.24) is 9.55 Å². The average Bonchev–Trinajstić information content (AvgIpc) is 3.05. The summed E-state index contributed by atoms with van der Waals surface area (Å²) in [5.74, 6) is -0.936. The van der Waals surface area contributed by atoms with E-state index in [9.17, 15) is 9.90 Å². The molecule has 0 aliphatic heterocycles. The highest BCUT2D eigenvalue weighted by atomic mass is 16.4. The minimum atomic E-state index is -0.936. The van der Waals surface area contributed by atoms with Crippen LogP contribution in [0.4, 0.5) is 5.69 Å². The van der Waals surface area contributed by atoms with Gasteiger partial charge in [-0.15, -0.1) is 0 Å². The third-order valence-electron chi connectivity index (χ3n) is 5.10. The second kappa shape index (κ2) is 7.80. The van der Waals surface area contributed by atoms with E-state index in [1.807, 2.05) is 25.1 Å². The number of nitrogens with one attached hydrogen (secondary N) is 1. The molecule has 4 rings (SSSR count). The first kappa shape index (κ1) is 18.7. The second-order valence-corrected chi connectivity index (χ2v) is 7.24. The Hall–Kier alpha value is -3.60. The number of hydrogen-bond donors (Lipinski definition) is 2. The van der Waals surface area contributed by atoms with Crippen molar-refractivity contribution in [2.45, 2.75) is 13.3 Å². The number of hydrogen-bond acceptors (Lipinski definition) is 3. The van der Waals surface area contributed by atoms with Crippen LogP contribution in [0, 0.1) is 6.92 Å². The van der Waals surface area contributed by atoms with Crippen molar-refractivity contribution in [3.63, 3.8) is 0 Å². The number of fused-ring (bicyclic) bond motifs is 1. The van der Waals surface area contributed by atoms with Crippen LogP contribution in [0.2, 0.25) is 0 Å². The number of aromatic carboxylic acids is 1. The van der Waals surface area contributed by atoms with E-state index in [1.165, 1.54) is 22.0 Å². The van der Waals surface area contributed by atoms with E-state index in [1.54, 1.807) is 12.3 Å². The lowest BCUT2D eigenvalue weighted by Crippen LogP contribution is -2.11. The highest BCUT2D eigenvalue weighted by Crippen LogP contribution is 2.32. The zero-order chi connectivity index (χ0) is 20.4. The maximum Gasteiger partial charge on any atom is 0.337 e. The second-order valence-electron chi connectivity index (χ2n) is 7.24. The topological polar surface area (TPSA) is 67.2 Å². The number of rotatable bonds is 6. The number of aryl methyl sites for hydroxylation is 2. The Bertz CT molecular complexity index is 1180. The van der Waals surface area contributed by atoms with Crippen LogP contribution < -0.4 is 5.32 Å². The SMILES string of the molecule is Cc1cnc(CCNc2ccc3c(c2)c(-c2ccccc2)cn3C)c(C(=O)O)c1. The molecule has 2 aromatic carbocycles. The molecular formula is C24H23N3O2. The Morgan fingerprint density at radius 1 is 1.14 bits per heavy atom. The molecule has 146 valence electrons. The first-order chi connectivity index (χ1) is 14.0. The molecule has 4 aromatic rings. The van der Waals surface area contributed by atoms with Gasteiger partial charge in [-0.1, -0.05) is 30.3 Å². The summed E-state index contributed by atoms with van der Waals surface area (Å²) in [5.41, 5.74) is 6.28. The Morgan fingerprint density at radius 3 is 2.69 bits per heavy atom. The Morgan fingerprint density at radius 2 is 1.93 bits per heavy atom. The summed E-state index contributed by atoms with van der Waals surface area (Å²) in [7, 11) is 2.05. The number of nitrogens with zero attached hydrogens (tertiary/aromatic N) is 2. The van der Waals surface area contributed by atoms with Gasteiger partial charge in [-0.2, -0.15) is 0 Å². The summed E-state index contributed by atoms with van der Waals surface area (Å²) in [5, 5.41) is 14.0. The van der Waals surface area contributed by atoms with E-state index in [0.717, 1.165) is 11.3 Å². The third-order valence-corrected chi connectivity index (χ3v) is 5.10. The van der Waals surface area contributed by atoms with Crippen molar-refractivity contribution >= 4 is 22.6 Å². The summed E-state index contributed by atoms with van der Waals surface area (Å²) >= 11 is 0. The van der Waals surface area contributed by atoms with Crippen LogP contribution in [0.15, 0.2) is 67.0 Å². The van der Waals surface area contributed by atoms with Crippen LogP contribution in [0.1, 0.15) is 21.6 Å². The molecule has 2 aromatic heterocycles. The van der Waals surface area contributed by atoms with Crippen molar-refractivity contribution in [1.29, 1.82) is 0 Å². The van der Waals surface area contributed by atoms with E-state index in [0.29, 0.717) is 18.7 Å². The molecule has 29 heavy (non-hydrogen) atoms. The highest BCUT2D eigenvalue weighted by molar-refractivity contribution is 5.97. The fourth-order valence-corrected chi connectivity index (χ4v) is 3.66. The van der Waals surface area contributed by atoms with E-state index >= 15 is 0 Å². The van der Waals surface area contributed by atoms with Gasteiger partial charge in [0.25, 0.3) is 0 Å². The first-order valence-corrected chi connectivity index (χ1v) is 9.60. The zero-order valence-electron chi connectivity index (χ0n) is 16.5. The smallest absolute Gasteiger partial charge is 0.337 e. The minimum Gasteiger partial charge on any atom is -0.478 e. The molecule has 0 radical (unpaired) electrons.